The Morgan fingerprint density at radius 2 is 2.00 bits per heavy atom. The summed E-state index contributed by atoms with van der Waals surface area (Å²) in [6.07, 6.45) is 1.45. The van der Waals surface area contributed by atoms with Crippen molar-refractivity contribution in [1.29, 1.82) is 0 Å². The number of benzene rings is 1. The van der Waals surface area contributed by atoms with Gasteiger partial charge in [0.25, 0.3) is 0 Å². The van der Waals surface area contributed by atoms with Crippen molar-refractivity contribution in [2.24, 2.45) is 5.92 Å². The molecule has 0 aliphatic rings. The van der Waals surface area contributed by atoms with Crippen molar-refractivity contribution in [3.05, 3.63) is 35.9 Å². The van der Waals surface area contributed by atoms with Gasteiger partial charge in [-0.2, -0.15) is 0 Å². The lowest BCUT2D eigenvalue weighted by Gasteiger charge is -2.19. The van der Waals surface area contributed by atoms with Crippen molar-refractivity contribution in [2.45, 2.75) is 13.3 Å². The van der Waals surface area contributed by atoms with Crippen LogP contribution in [0, 0.1) is 5.92 Å². The zero-order chi connectivity index (χ0) is 12.0. The summed E-state index contributed by atoms with van der Waals surface area (Å²) in [5.41, 5.74) is 1.14. The molecule has 0 fully saturated rings. The topological polar surface area (TPSA) is 37.4 Å². The normalized spacial score (nSPS) is 11.9. The number of hydrogen-bond acceptors (Lipinski definition) is 2. The van der Waals surface area contributed by atoms with Gasteiger partial charge in [-0.15, -0.1) is 0 Å². The third-order valence-electron chi connectivity index (χ3n) is 2.53. The second-order valence-electron chi connectivity index (χ2n) is 3.98. The molecule has 1 atom stereocenters. The SMILES string of the molecule is CC(Cc1ccccc1)C(=O)N(C)CC=O. The van der Waals surface area contributed by atoms with Gasteiger partial charge in [0.2, 0.25) is 5.91 Å². The van der Waals surface area contributed by atoms with Crippen LogP contribution in [-0.2, 0) is 16.0 Å². The number of aldehydes is 1. The molecule has 86 valence electrons. The molecule has 1 aromatic rings. The van der Waals surface area contributed by atoms with Crippen LogP contribution in [0.1, 0.15) is 12.5 Å². The fraction of sp³-hybridized carbons (Fsp3) is 0.385. The fourth-order valence-electron chi connectivity index (χ4n) is 1.63. The van der Waals surface area contributed by atoms with Gasteiger partial charge in [0.1, 0.15) is 6.29 Å². The zero-order valence-electron chi connectivity index (χ0n) is 9.72. The summed E-state index contributed by atoms with van der Waals surface area (Å²) in [6, 6.07) is 9.88. The van der Waals surface area contributed by atoms with E-state index in [1.54, 1.807) is 7.05 Å². The van der Waals surface area contributed by atoms with Gasteiger partial charge in [0.05, 0.1) is 6.54 Å². The molecule has 0 N–H and O–H groups in total. The van der Waals surface area contributed by atoms with Crippen LogP contribution in [0.5, 0.6) is 0 Å². The van der Waals surface area contributed by atoms with E-state index in [0.717, 1.165) is 11.8 Å². The molecule has 0 spiro atoms. The van der Waals surface area contributed by atoms with Gasteiger partial charge < -0.3 is 9.69 Å². The van der Waals surface area contributed by atoms with E-state index in [1.807, 2.05) is 37.3 Å². The van der Waals surface area contributed by atoms with Crippen molar-refractivity contribution < 1.29 is 9.59 Å². The maximum Gasteiger partial charge on any atom is 0.225 e. The molecule has 1 amide bonds. The van der Waals surface area contributed by atoms with Crippen molar-refractivity contribution >= 4 is 12.2 Å². The third-order valence-corrected chi connectivity index (χ3v) is 2.53. The summed E-state index contributed by atoms with van der Waals surface area (Å²) in [7, 11) is 1.65. The molecular formula is C13H17NO2. The second-order valence-corrected chi connectivity index (χ2v) is 3.98. The van der Waals surface area contributed by atoms with Crippen LogP contribution in [0.3, 0.4) is 0 Å². The number of likely N-dealkylation sites (N-methyl/N-ethyl adjacent to an activating group) is 1. The molecule has 0 saturated heterocycles. The molecule has 0 bridgehead atoms. The Bertz CT molecular complexity index is 348. The first-order chi connectivity index (χ1) is 7.65. The Kier molecular flexibility index (Phi) is 4.70. The molecule has 0 aliphatic heterocycles. The molecule has 16 heavy (non-hydrogen) atoms. The Morgan fingerprint density at radius 3 is 2.56 bits per heavy atom. The standard InChI is InChI=1S/C13H17NO2/c1-11(13(16)14(2)8-9-15)10-12-6-4-3-5-7-12/h3-7,9,11H,8,10H2,1-2H3. The molecular weight excluding hydrogens is 202 g/mol. The Hall–Kier alpha value is -1.64. The van der Waals surface area contributed by atoms with Crippen LogP contribution in [0.15, 0.2) is 30.3 Å². The fourth-order valence-corrected chi connectivity index (χ4v) is 1.63. The number of hydrogen-bond donors (Lipinski definition) is 0. The lowest BCUT2D eigenvalue weighted by molar-refractivity contribution is -0.135. The first kappa shape index (κ1) is 12.4. The van der Waals surface area contributed by atoms with Gasteiger partial charge >= 0.3 is 0 Å². The molecule has 0 aromatic heterocycles. The quantitative estimate of drug-likeness (QED) is 0.704. The zero-order valence-corrected chi connectivity index (χ0v) is 9.72. The maximum atomic E-state index is 11.8. The summed E-state index contributed by atoms with van der Waals surface area (Å²) in [5.74, 6) is -0.0803. The van der Waals surface area contributed by atoms with Crippen molar-refractivity contribution in [2.75, 3.05) is 13.6 Å². The van der Waals surface area contributed by atoms with Gasteiger partial charge in [0.15, 0.2) is 0 Å². The van der Waals surface area contributed by atoms with Crippen LogP contribution in [0.4, 0.5) is 0 Å². The highest BCUT2D eigenvalue weighted by Crippen LogP contribution is 2.10. The number of nitrogens with zero attached hydrogens (tertiary/aromatic N) is 1. The molecule has 0 aliphatic carbocycles. The number of carbonyl (C=O) groups excluding carboxylic acids is 2. The van der Waals surface area contributed by atoms with E-state index in [2.05, 4.69) is 0 Å². The number of rotatable bonds is 5. The lowest BCUT2D eigenvalue weighted by Crippen LogP contribution is -2.33. The Labute approximate surface area is 96.1 Å². The molecule has 0 radical (unpaired) electrons. The average molecular weight is 219 g/mol. The molecule has 0 saturated carbocycles. The Morgan fingerprint density at radius 1 is 1.38 bits per heavy atom. The van der Waals surface area contributed by atoms with Crippen LogP contribution in [-0.4, -0.2) is 30.7 Å². The van der Waals surface area contributed by atoms with Gasteiger partial charge in [-0.05, 0) is 12.0 Å². The minimum absolute atomic E-state index is 0.0101. The largest absolute Gasteiger partial charge is 0.338 e. The van der Waals surface area contributed by atoms with E-state index >= 15 is 0 Å². The van der Waals surface area contributed by atoms with E-state index in [1.165, 1.54) is 4.90 Å². The van der Waals surface area contributed by atoms with Gasteiger partial charge in [-0.3, -0.25) is 4.79 Å². The van der Waals surface area contributed by atoms with E-state index in [4.69, 9.17) is 0 Å². The summed E-state index contributed by atoms with van der Waals surface area (Å²) in [6.45, 7) is 2.05. The lowest BCUT2D eigenvalue weighted by atomic mass is 10.00. The van der Waals surface area contributed by atoms with Crippen molar-refractivity contribution in [1.82, 2.24) is 4.90 Å². The Balaban J connectivity index is 2.55. The number of carbonyl (C=O) groups is 2. The highest BCUT2D eigenvalue weighted by atomic mass is 16.2. The van der Waals surface area contributed by atoms with Crippen LogP contribution in [0.25, 0.3) is 0 Å². The van der Waals surface area contributed by atoms with Crippen LogP contribution < -0.4 is 0 Å². The predicted molar refractivity (Wildman–Crippen MR) is 63.0 cm³/mol. The predicted octanol–water partition coefficient (Wildman–Crippen LogP) is 1.52. The smallest absolute Gasteiger partial charge is 0.225 e. The molecule has 3 nitrogen and oxygen atoms in total. The van der Waals surface area contributed by atoms with E-state index < -0.39 is 0 Å². The second kappa shape index (κ2) is 6.05. The first-order valence-electron chi connectivity index (χ1n) is 5.37. The monoisotopic (exact) mass is 219 g/mol. The van der Waals surface area contributed by atoms with Gasteiger partial charge in [-0.25, -0.2) is 0 Å². The highest BCUT2D eigenvalue weighted by molar-refractivity contribution is 5.80. The number of amides is 1. The van der Waals surface area contributed by atoms with Crippen molar-refractivity contribution in [3.63, 3.8) is 0 Å². The van der Waals surface area contributed by atoms with E-state index in [-0.39, 0.29) is 18.4 Å². The molecule has 1 aromatic carbocycles. The van der Waals surface area contributed by atoms with E-state index in [9.17, 15) is 9.59 Å². The van der Waals surface area contributed by atoms with Crippen LogP contribution >= 0.6 is 0 Å². The minimum Gasteiger partial charge on any atom is -0.338 e. The van der Waals surface area contributed by atoms with E-state index in [0.29, 0.717) is 6.42 Å². The van der Waals surface area contributed by atoms with Crippen LogP contribution in [0.2, 0.25) is 0 Å². The summed E-state index contributed by atoms with van der Waals surface area (Å²) < 4.78 is 0. The molecule has 1 rings (SSSR count). The maximum absolute atomic E-state index is 11.8. The third kappa shape index (κ3) is 3.50. The first-order valence-corrected chi connectivity index (χ1v) is 5.37. The average Bonchev–Trinajstić information content (AvgIpc) is 2.29. The molecule has 3 heteroatoms. The summed E-state index contributed by atoms with van der Waals surface area (Å²) in [4.78, 5) is 23.6. The van der Waals surface area contributed by atoms with Gasteiger partial charge in [0, 0.05) is 13.0 Å². The van der Waals surface area contributed by atoms with Gasteiger partial charge in [-0.1, -0.05) is 37.3 Å². The minimum atomic E-state index is -0.0904. The summed E-state index contributed by atoms with van der Waals surface area (Å²) >= 11 is 0. The molecule has 1 unspecified atom stereocenters. The highest BCUT2D eigenvalue weighted by Gasteiger charge is 2.17. The summed E-state index contributed by atoms with van der Waals surface area (Å²) in [5, 5.41) is 0. The molecule has 0 heterocycles. The van der Waals surface area contributed by atoms with Crippen molar-refractivity contribution in [3.8, 4) is 0 Å².